The number of rotatable bonds is 7. The second-order valence-corrected chi connectivity index (χ2v) is 12.9. The molecule has 4 aliphatic rings. The van der Waals surface area contributed by atoms with Gasteiger partial charge in [-0.15, -0.1) is 0 Å². The monoisotopic (exact) mass is 468 g/mol. The summed E-state index contributed by atoms with van der Waals surface area (Å²) in [6.45, 7) is 4.43. The van der Waals surface area contributed by atoms with Crippen LogP contribution in [0.1, 0.15) is 123 Å². The average molecular weight is 469 g/mol. The van der Waals surface area contributed by atoms with Gasteiger partial charge in [0.25, 0.3) is 0 Å². The number of hydrogen-bond acceptors (Lipinski definition) is 0. The van der Waals surface area contributed by atoms with Gasteiger partial charge in [0.05, 0.1) is 0 Å². The maximum Gasteiger partial charge on any atom is 0.134 e. The second kappa shape index (κ2) is 12.2. The SMILES string of the molecule is CCCC1CCC(C2CCC(C3CCC(CCC4CCC(C)CC4F)CC3)C(F)C2F)CC1. The zero-order valence-electron chi connectivity index (χ0n) is 21.5. The third-order valence-electron chi connectivity index (χ3n) is 10.8. The Bertz CT molecular complexity index is 563. The van der Waals surface area contributed by atoms with E-state index in [1.165, 1.54) is 32.1 Å². The van der Waals surface area contributed by atoms with Crippen molar-refractivity contribution in [3.8, 4) is 0 Å². The van der Waals surface area contributed by atoms with Crippen molar-refractivity contribution >= 4 is 0 Å². The summed E-state index contributed by atoms with van der Waals surface area (Å²) in [7, 11) is 0. The molecule has 0 saturated heterocycles. The van der Waals surface area contributed by atoms with E-state index < -0.39 is 18.5 Å². The zero-order chi connectivity index (χ0) is 23.4. The molecule has 0 spiro atoms. The van der Waals surface area contributed by atoms with Crippen molar-refractivity contribution in [1.29, 1.82) is 0 Å². The summed E-state index contributed by atoms with van der Waals surface area (Å²) in [5, 5.41) is 0. The third-order valence-corrected chi connectivity index (χ3v) is 10.8. The van der Waals surface area contributed by atoms with E-state index in [0.29, 0.717) is 23.7 Å². The molecule has 4 saturated carbocycles. The van der Waals surface area contributed by atoms with Crippen LogP contribution >= 0.6 is 0 Å². The van der Waals surface area contributed by atoms with Crippen molar-refractivity contribution in [2.45, 2.75) is 142 Å². The number of alkyl halides is 3. The van der Waals surface area contributed by atoms with E-state index in [2.05, 4.69) is 13.8 Å². The maximum atomic E-state index is 15.4. The highest BCUT2D eigenvalue weighted by Gasteiger charge is 2.46. The van der Waals surface area contributed by atoms with E-state index in [9.17, 15) is 4.39 Å². The Labute approximate surface area is 202 Å². The van der Waals surface area contributed by atoms with Crippen molar-refractivity contribution in [2.24, 2.45) is 47.3 Å². The lowest BCUT2D eigenvalue weighted by Crippen LogP contribution is -2.45. The first kappa shape index (κ1) is 25.9. The van der Waals surface area contributed by atoms with Crippen LogP contribution in [0.4, 0.5) is 13.2 Å². The molecular weight excluding hydrogens is 417 g/mol. The van der Waals surface area contributed by atoms with E-state index in [1.54, 1.807) is 0 Å². The van der Waals surface area contributed by atoms with Gasteiger partial charge in [-0.1, -0.05) is 65.2 Å². The molecule has 7 atom stereocenters. The number of hydrogen-bond donors (Lipinski definition) is 0. The lowest BCUT2D eigenvalue weighted by molar-refractivity contribution is -0.0372. The third kappa shape index (κ3) is 6.52. The fourth-order valence-electron chi connectivity index (χ4n) is 8.53. The van der Waals surface area contributed by atoms with Gasteiger partial charge >= 0.3 is 0 Å². The molecule has 0 amide bonds. The topological polar surface area (TPSA) is 0 Å². The predicted molar refractivity (Wildman–Crippen MR) is 132 cm³/mol. The molecule has 192 valence electrons. The van der Waals surface area contributed by atoms with Gasteiger partial charge in [0.15, 0.2) is 0 Å². The van der Waals surface area contributed by atoms with Crippen molar-refractivity contribution in [2.75, 3.05) is 0 Å². The van der Waals surface area contributed by atoms with Crippen LogP contribution in [0.2, 0.25) is 0 Å². The van der Waals surface area contributed by atoms with Crippen LogP contribution < -0.4 is 0 Å². The Morgan fingerprint density at radius 2 is 1.09 bits per heavy atom. The first-order valence-electron chi connectivity index (χ1n) is 14.9. The fourth-order valence-corrected chi connectivity index (χ4v) is 8.53. The Kier molecular flexibility index (Phi) is 9.53. The average Bonchev–Trinajstić information content (AvgIpc) is 2.82. The first-order valence-corrected chi connectivity index (χ1v) is 14.9. The minimum absolute atomic E-state index is 0.0259. The van der Waals surface area contributed by atoms with Gasteiger partial charge in [-0.2, -0.15) is 0 Å². The van der Waals surface area contributed by atoms with E-state index in [1.807, 2.05) is 0 Å². The second-order valence-electron chi connectivity index (χ2n) is 12.9. The smallest absolute Gasteiger partial charge is 0.134 e. The van der Waals surface area contributed by atoms with Crippen LogP contribution in [0, 0.1) is 47.3 Å². The Morgan fingerprint density at radius 1 is 0.576 bits per heavy atom. The number of halogens is 3. The summed E-state index contributed by atoms with van der Waals surface area (Å²) in [5.41, 5.74) is 0. The van der Waals surface area contributed by atoms with Gasteiger partial charge in [-0.25, -0.2) is 13.2 Å². The molecule has 33 heavy (non-hydrogen) atoms. The Hall–Kier alpha value is -0.210. The van der Waals surface area contributed by atoms with Crippen molar-refractivity contribution < 1.29 is 13.2 Å². The summed E-state index contributed by atoms with van der Waals surface area (Å²) in [4.78, 5) is 0. The Balaban J connectivity index is 1.19. The molecule has 0 aromatic carbocycles. The normalized spacial score (nSPS) is 47.4. The molecule has 4 rings (SSSR count). The molecule has 0 nitrogen and oxygen atoms in total. The summed E-state index contributed by atoms with van der Waals surface area (Å²) >= 11 is 0. The lowest BCUT2D eigenvalue weighted by Gasteiger charge is -2.45. The molecule has 0 N–H and O–H groups in total. The molecular formula is C30H51F3. The quantitative estimate of drug-likeness (QED) is 0.349. The standard InChI is InChI=1S/C30H51F3/c1-3-4-21-6-12-23(13-7-21)26-17-18-27(30(33)29(26)32)24-14-8-22(9-15-24)10-16-25-11-5-20(2)19-28(25)31/h20-30H,3-19H2,1-2H3. The van der Waals surface area contributed by atoms with Crippen molar-refractivity contribution in [3.63, 3.8) is 0 Å². The highest BCUT2D eigenvalue weighted by Crippen LogP contribution is 2.49. The van der Waals surface area contributed by atoms with Crippen molar-refractivity contribution in [3.05, 3.63) is 0 Å². The predicted octanol–water partition coefficient (Wildman–Crippen LogP) is 9.66. The zero-order valence-corrected chi connectivity index (χ0v) is 21.5. The largest absolute Gasteiger partial charge is 0.247 e. The van der Waals surface area contributed by atoms with Crippen LogP contribution in [0.3, 0.4) is 0 Å². The van der Waals surface area contributed by atoms with Gasteiger partial charge < -0.3 is 0 Å². The minimum Gasteiger partial charge on any atom is -0.247 e. The van der Waals surface area contributed by atoms with Gasteiger partial charge in [0, 0.05) is 0 Å². The molecule has 3 heteroatoms. The van der Waals surface area contributed by atoms with Gasteiger partial charge in [-0.05, 0) is 105 Å². The highest BCUT2D eigenvalue weighted by molar-refractivity contribution is 4.95. The molecule has 0 aromatic heterocycles. The van der Waals surface area contributed by atoms with Crippen LogP contribution in [0.5, 0.6) is 0 Å². The van der Waals surface area contributed by atoms with Crippen LogP contribution in [0.25, 0.3) is 0 Å². The van der Waals surface area contributed by atoms with E-state index in [-0.39, 0.29) is 17.8 Å². The van der Waals surface area contributed by atoms with Crippen molar-refractivity contribution in [1.82, 2.24) is 0 Å². The van der Waals surface area contributed by atoms with Gasteiger partial charge in [0.1, 0.15) is 18.5 Å². The Morgan fingerprint density at radius 3 is 1.58 bits per heavy atom. The van der Waals surface area contributed by atoms with E-state index >= 15 is 8.78 Å². The summed E-state index contributed by atoms with van der Waals surface area (Å²) < 4.78 is 45.1. The summed E-state index contributed by atoms with van der Waals surface area (Å²) in [6, 6.07) is 0. The highest BCUT2D eigenvalue weighted by atomic mass is 19.2. The molecule has 0 heterocycles. The van der Waals surface area contributed by atoms with E-state index in [4.69, 9.17) is 0 Å². The van der Waals surface area contributed by atoms with Gasteiger partial charge in [0.2, 0.25) is 0 Å². The van der Waals surface area contributed by atoms with E-state index in [0.717, 1.165) is 83.0 Å². The van der Waals surface area contributed by atoms with Crippen LogP contribution in [-0.2, 0) is 0 Å². The molecule has 0 aromatic rings. The molecule has 4 aliphatic carbocycles. The molecule has 0 bridgehead atoms. The van der Waals surface area contributed by atoms with Gasteiger partial charge in [-0.3, -0.25) is 0 Å². The summed E-state index contributed by atoms with van der Waals surface area (Å²) in [6.07, 6.45) is 15.6. The van der Waals surface area contributed by atoms with Crippen LogP contribution in [0.15, 0.2) is 0 Å². The maximum absolute atomic E-state index is 15.4. The molecule has 4 fully saturated rings. The fraction of sp³-hybridized carbons (Fsp3) is 1.00. The molecule has 0 aliphatic heterocycles. The van der Waals surface area contributed by atoms with Crippen LogP contribution in [-0.4, -0.2) is 18.5 Å². The first-order chi connectivity index (χ1) is 16.0. The minimum atomic E-state index is -1.24. The lowest BCUT2D eigenvalue weighted by atomic mass is 9.63. The molecule has 7 unspecified atom stereocenters. The molecule has 0 radical (unpaired) electrons. The summed E-state index contributed by atoms with van der Waals surface area (Å²) in [5.74, 6) is 3.05.